The Balaban J connectivity index is 1.49. The van der Waals surface area contributed by atoms with Gasteiger partial charge in [-0.3, -0.25) is 5.01 Å². The summed E-state index contributed by atoms with van der Waals surface area (Å²) in [6, 6.07) is 31.1. The van der Waals surface area contributed by atoms with Crippen LogP contribution >= 0.6 is 11.3 Å². The minimum atomic E-state index is 0.692. The Bertz CT molecular complexity index is 1170. The number of benzene rings is 3. The predicted octanol–water partition coefficient (Wildman–Crippen LogP) is 5.69. The van der Waals surface area contributed by atoms with Crippen LogP contribution in [0, 0.1) is 0 Å². The molecule has 1 aliphatic heterocycles. The molecule has 0 radical (unpaired) electrons. The molecule has 5 rings (SSSR count). The summed E-state index contributed by atoms with van der Waals surface area (Å²) < 4.78 is 5.53. The van der Waals surface area contributed by atoms with Crippen LogP contribution in [0.4, 0.5) is 10.8 Å². The van der Waals surface area contributed by atoms with Crippen LogP contribution in [0.1, 0.15) is 10.4 Å². The quantitative estimate of drug-likeness (QED) is 0.266. The summed E-state index contributed by atoms with van der Waals surface area (Å²) in [5.41, 5.74) is 4.33. The van der Waals surface area contributed by atoms with Gasteiger partial charge in [0.15, 0.2) is 5.13 Å². The van der Waals surface area contributed by atoms with E-state index in [0.717, 1.165) is 53.3 Å². The first-order valence-electron chi connectivity index (χ1n) is 11.2. The van der Waals surface area contributed by atoms with Crippen molar-refractivity contribution in [2.45, 2.75) is 6.54 Å². The molecule has 0 spiro atoms. The van der Waals surface area contributed by atoms with E-state index in [1.54, 1.807) is 11.3 Å². The number of para-hydroxylation sites is 1. The zero-order valence-electron chi connectivity index (χ0n) is 18.4. The fourth-order valence-corrected chi connectivity index (χ4v) is 4.78. The van der Waals surface area contributed by atoms with E-state index in [2.05, 4.69) is 65.6 Å². The van der Waals surface area contributed by atoms with Gasteiger partial charge in [0, 0.05) is 18.7 Å². The van der Waals surface area contributed by atoms with Gasteiger partial charge in [-0.25, -0.2) is 4.98 Å². The summed E-state index contributed by atoms with van der Waals surface area (Å²) in [6.07, 6.45) is 1.96. The average molecular weight is 455 g/mol. The molecule has 1 fully saturated rings. The summed E-state index contributed by atoms with van der Waals surface area (Å²) in [7, 11) is 0. The van der Waals surface area contributed by atoms with E-state index in [4.69, 9.17) is 14.8 Å². The van der Waals surface area contributed by atoms with Crippen LogP contribution in [0.3, 0.4) is 0 Å². The fourth-order valence-electron chi connectivity index (χ4n) is 3.78. The van der Waals surface area contributed by atoms with Crippen LogP contribution in [0.25, 0.3) is 11.3 Å². The normalized spacial score (nSPS) is 14.0. The van der Waals surface area contributed by atoms with Gasteiger partial charge < -0.3 is 9.64 Å². The van der Waals surface area contributed by atoms with Gasteiger partial charge in [0.1, 0.15) is 0 Å². The molecular weight excluding hydrogens is 428 g/mol. The van der Waals surface area contributed by atoms with Crippen LogP contribution in [0.5, 0.6) is 0 Å². The van der Waals surface area contributed by atoms with Gasteiger partial charge in [0.05, 0.1) is 42.2 Å². The first-order chi connectivity index (χ1) is 16.4. The smallest absolute Gasteiger partial charge is 0.186 e. The highest BCUT2D eigenvalue weighted by molar-refractivity contribution is 7.17. The van der Waals surface area contributed by atoms with E-state index in [0.29, 0.717) is 6.54 Å². The van der Waals surface area contributed by atoms with Crippen molar-refractivity contribution in [3.8, 4) is 11.3 Å². The van der Waals surface area contributed by atoms with Gasteiger partial charge in [-0.05, 0) is 17.7 Å². The summed E-state index contributed by atoms with van der Waals surface area (Å²) in [5.74, 6) is 0. The summed E-state index contributed by atoms with van der Waals surface area (Å²) in [6.45, 7) is 3.90. The summed E-state index contributed by atoms with van der Waals surface area (Å²) in [4.78, 5) is 8.37. The van der Waals surface area contributed by atoms with Crippen molar-refractivity contribution in [3.05, 3.63) is 101 Å². The van der Waals surface area contributed by atoms with E-state index < -0.39 is 0 Å². The Morgan fingerprint density at radius 1 is 0.879 bits per heavy atom. The first kappa shape index (κ1) is 21.4. The molecule has 1 saturated heterocycles. The SMILES string of the molecule is C(=NN(Cc1ccccc1)c1ccccc1)c1sc(N2CCOCC2)nc1-c1ccccc1. The number of anilines is 2. The average Bonchev–Trinajstić information content (AvgIpc) is 3.33. The molecule has 5 nitrogen and oxygen atoms in total. The van der Waals surface area contributed by atoms with Gasteiger partial charge in [-0.2, -0.15) is 5.10 Å². The third-order valence-corrected chi connectivity index (χ3v) is 6.57. The van der Waals surface area contributed by atoms with Crippen molar-refractivity contribution in [2.75, 3.05) is 36.2 Å². The van der Waals surface area contributed by atoms with Crippen LogP contribution in [-0.2, 0) is 11.3 Å². The number of aromatic nitrogens is 1. The zero-order valence-corrected chi connectivity index (χ0v) is 19.2. The van der Waals surface area contributed by atoms with E-state index >= 15 is 0 Å². The fraction of sp³-hybridized carbons (Fsp3) is 0.185. The number of hydrogen-bond acceptors (Lipinski definition) is 6. The third-order valence-electron chi connectivity index (χ3n) is 5.51. The van der Waals surface area contributed by atoms with Gasteiger partial charge in [-0.15, -0.1) is 0 Å². The van der Waals surface area contributed by atoms with E-state index in [-0.39, 0.29) is 0 Å². The maximum absolute atomic E-state index is 5.53. The van der Waals surface area contributed by atoms with Crippen molar-refractivity contribution in [3.63, 3.8) is 0 Å². The monoisotopic (exact) mass is 454 g/mol. The summed E-state index contributed by atoms with van der Waals surface area (Å²) >= 11 is 1.69. The molecule has 1 aromatic heterocycles. The van der Waals surface area contributed by atoms with E-state index in [9.17, 15) is 0 Å². The molecular formula is C27H26N4OS. The highest BCUT2D eigenvalue weighted by Crippen LogP contribution is 2.32. The molecule has 0 unspecified atom stereocenters. The molecule has 6 heteroatoms. The van der Waals surface area contributed by atoms with Crippen molar-refractivity contribution in [1.82, 2.24) is 4.98 Å². The second-order valence-electron chi connectivity index (χ2n) is 7.80. The molecule has 0 bridgehead atoms. The van der Waals surface area contributed by atoms with Crippen LogP contribution < -0.4 is 9.91 Å². The van der Waals surface area contributed by atoms with Crippen LogP contribution in [0.2, 0.25) is 0 Å². The number of ether oxygens (including phenoxy) is 1. The molecule has 0 N–H and O–H groups in total. The van der Waals surface area contributed by atoms with Crippen molar-refractivity contribution >= 4 is 28.4 Å². The van der Waals surface area contributed by atoms with Crippen molar-refractivity contribution < 1.29 is 4.74 Å². The molecule has 1 aliphatic rings. The topological polar surface area (TPSA) is 41.0 Å². The van der Waals surface area contributed by atoms with Gasteiger partial charge in [-0.1, -0.05) is 90.2 Å². The second kappa shape index (κ2) is 10.4. The Kier molecular flexibility index (Phi) is 6.75. The molecule has 0 amide bonds. The van der Waals surface area contributed by atoms with Crippen LogP contribution in [-0.4, -0.2) is 37.5 Å². The Morgan fingerprint density at radius 2 is 1.52 bits per heavy atom. The largest absolute Gasteiger partial charge is 0.378 e. The van der Waals surface area contributed by atoms with Gasteiger partial charge in [0.25, 0.3) is 0 Å². The third kappa shape index (κ3) is 5.30. The van der Waals surface area contributed by atoms with Crippen molar-refractivity contribution in [1.29, 1.82) is 0 Å². The Labute approximate surface area is 198 Å². The summed E-state index contributed by atoms with van der Waals surface area (Å²) in [5, 5.41) is 8.00. The lowest BCUT2D eigenvalue weighted by Gasteiger charge is -2.26. The predicted molar refractivity (Wildman–Crippen MR) is 137 cm³/mol. The van der Waals surface area contributed by atoms with Gasteiger partial charge >= 0.3 is 0 Å². The molecule has 33 heavy (non-hydrogen) atoms. The molecule has 3 aromatic carbocycles. The molecule has 4 aromatic rings. The molecule has 166 valence electrons. The lowest BCUT2D eigenvalue weighted by molar-refractivity contribution is 0.122. The molecule has 0 saturated carbocycles. The standard InChI is InChI=1S/C27H26N4OS/c1-4-10-22(11-5-1)21-31(24-14-8-3-9-15-24)28-20-25-26(23-12-6-2-7-13-23)29-27(33-25)30-16-18-32-19-17-30/h1-15,20H,16-19,21H2. The van der Waals surface area contributed by atoms with E-state index in [1.807, 2.05) is 41.6 Å². The lowest BCUT2D eigenvalue weighted by Crippen LogP contribution is -2.36. The van der Waals surface area contributed by atoms with Crippen LogP contribution in [0.15, 0.2) is 96.1 Å². The molecule has 2 heterocycles. The number of morpholine rings is 1. The number of hydrogen-bond donors (Lipinski definition) is 0. The first-order valence-corrected chi connectivity index (χ1v) is 12.0. The Morgan fingerprint density at radius 3 is 2.21 bits per heavy atom. The minimum absolute atomic E-state index is 0.692. The highest BCUT2D eigenvalue weighted by atomic mass is 32.1. The van der Waals surface area contributed by atoms with Crippen molar-refractivity contribution in [2.24, 2.45) is 5.10 Å². The Hall–Kier alpha value is -3.48. The number of thiazole rings is 1. The molecule has 0 atom stereocenters. The minimum Gasteiger partial charge on any atom is -0.378 e. The number of hydrazone groups is 1. The zero-order chi connectivity index (χ0) is 22.3. The number of nitrogens with zero attached hydrogens (tertiary/aromatic N) is 4. The highest BCUT2D eigenvalue weighted by Gasteiger charge is 2.19. The maximum Gasteiger partial charge on any atom is 0.186 e. The molecule has 0 aliphatic carbocycles. The number of rotatable bonds is 7. The lowest BCUT2D eigenvalue weighted by atomic mass is 10.1. The van der Waals surface area contributed by atoms with Gasteiger partial charge in [0.2, 0.25) is 0 Å². The second-order valence-corrected chi connectivity index (χ2v) is 8.81. The van der Waals surface area contributed by atoms with E-state index in [1.165, 1.54) is 5.56 Å². The maximum atomic E-state index is 5.53.